The minimum absolute atomic E-state index is 0.124. The number of aromatic nitrogens is 4. The van der Waals surface area contributed by atoms with E-state index in [1.54, 1.807) is 9.80 Å². The molecule has 0 radical (unpaired) electrons. The predicted molar refractivity (Wildman–Crippen MR) is 169 cm³/mol. The molecule has 44 heavy (non-hydrogen) atoms. The molecule has 4 heterocycles. The second-order valence-corrected chi connectivity index (χ2v) is 13.8. The molecule has 2 aromatic heterocycles. The standard InChI is InChI=1S/C34H42N6O4/c1-33(2,3)43-31(41)39-15-7-9-27(39)29-35-19-25(37-29)23-13-11-22-18-24(14-12-21(22)17-23)26-20-36-30(38-26)28-10-8-16-40(28)32(42)44-34(4,5)6/h11-14,17-20,27-28H,7-10,15-16H2,1-6H3,(H,35,37)(H,36,38)/t27-,28?/m0/s1. The first-order chi connectivity index (χ1) is 20.8. The first-order valence-corrected chi connectivity index (χ1v) is 15.5. The number of fused-ring (bicyclic) bond motifs is 1. The number of aromatic amines is 2. The molecule has 2 N–H and O–H groups in total. The number of carbonyl (C=O) groups excluding carboxylic acids is 2. The summed E-state index contributed by atoms with van der Waals surface area (Å²) in [5.74, 6) is 1.56. The fourth-order valence-corrected chi connectivity index (χ4v) is 6.07. The van der Waals surface area contributed by atoms with Crippen molar-refractivity contribution >= 4 is 23.0 Å². The molecule has 2 amide bonds. The Balaban J connectivity index is 1.18. The molecule has 2 fully saturated rings. The van der Waals surface area contributed by atoms with E-state index in [0.29, 0.717) is 13.1 Å². The van der Waals surface area contributed by atoms with Crippen molar-refractivity contribution in [3.63, 3.8) is 0 Å². The van der Waals surface area contributed by atoms with E-state index in [1.165, 1.54) is 0 Å². The molecule has 0 spiro atoms. The normalized spacial score (nSPS) is 19.1. The Morgan fingerprint density at radius 3 is 1.50 bits per heavy atom. The van der Waals surface area contributed by atoms with Crippen LogP contribution in [0.15, 0.2) is 48.8 Å². The number of H-pyrrole nitrogens is 2. The van der Waals surface area contributed by atoms with Crippen molar-refractivity contribution in [2.24, 2.45) is 0 Å². The van der Waals surface area contributed by atoms with E-state index in [2.05, 4.69) is 56.3 Å². The molecule has 6 rings (SSSR count). The van der Waals surface area contributed by atoms with Gasteiger partial charge < -0.3 is 19.4 Å². The third kappa shape index (κ3) is 6.30. The largest absolute Gasteiger partial charge is 0.444 e. The SMILES string of the molecule is CC(C)(C)OC(=O)N1CCCC1c1ncc(-c2ccc3cc(-c4cnc([C@@H]5CCCN5C(=O)OC(C)(C)C)[nH]4)ccc3c2)[nH]1. The third-order valence-electron chi connectivity index (χ3n) is 8.05. The Kier molecular flexibility index (Phi) is 7.63. The molecule has 10 nitrogen and oxygen atoms in total. The Hall–Kier alpha value is -4.34. The van der Waals surface area contributed by atoms with Gasteiger partial charge in [-0.1, -0.05) is 24.3 Å². The lowest BCUT2D eigenvalue weighted by molar-refractivity contribution is 0.0208. The summed E-state index contributed by atoms with van der Waals surface area (Å²) in [6, 6.07) is 12.4. The van der Waals surface area contributed by atoms with Crippen molar-refractivity contribution in [3.8, 4) is 22.5 Å². The third-order valence-corrected chi connectivity index (χ3v) is 8.05. The van der Waals surface area contributed by atoms with Gasteiger partial charge >= 0.3 is 12.2 Å². The number of hydrogen-bond acceptors (Lipinski definition) is 6. The summed E-state index contributed by atoms with van der Waals surface area (Å²) in [4.78, 5) is 45.4. The second-order valence-electron chi connectivity index (χ2n) is 13.8. The van der Waals surface area contributed by atoms with Crippen LogP contribution in [0.1, 0.15) is 91.0 Å². The highest BCUT2D eigenvalue weighted by atomic mass is 16.6. The van der Waals surface area contributed by atoms with Gasteiger partial charge in [-0.15, -0.1) is 0 Å². The average Bonchev–Trinajstić information content (AvgIpc) is 3.76. The molecule has 4 aromatic rings. The van der Waals surface area contributed by atoms with E-state index in [9.17, 15) is 9.59 Å². The van der Waals surface area contributed by atoms with Crippen molar-refractivity contribution in [1.82, 2.24) is 29.7 Å². The number of benzene rings is 2. The van der Waals surface area contributed by atoms with Crippen molar-refractivity contribution in [1.29, 1.82) is 0 Å². The molecule has 2 atom stereocenters. The Bertz CT molecular complexity index is 1550. The van der Waals surface area contributed by atoms with Crippen LogP contribution in [0.5, 0.6) is 0 Å². The number of ether oxygens (including phenoxy) is 2. The van der Waals surface area contributed by atoms with Crippen molar-refractivity contribution in [2.75, 3.05) is 13.1 Å². The van der Waals surface area contributed by atoms with Crippen LogP contribution in [0.3, 0.4) is 0 Å². The van der Waals surface area contributed by atoms with E-state index >= 15 is 0 Å². The number of amides is 2. The van der Waals surface area contributed by atoms with Gasteiger partial charge in [0, 0.05) is 24.2 Å². The average molecular weight is 599 g/mol. The van der Waals surface area contributed by atoms with Gasteiger partial charge in [-0.25, -0.2) is 19.6 Å². The summed E-state index contributed by atoms with van der Waals surface area (Å²) in [6.45, 7) is 12.6. The quantitative estimate of drug-likeness (QED) is 0.248. The van der Waals surface area contributed by atoms with Gasteiger partial charge in [0.2, 0.25) is 0 Å². The summed E-state index contributed by atoms with van der Waals surface area (Å²) < 4.78 is 11.3. The van der Waals surface area contributed by atoms with Crippen LogP contribution in [0, 0.1) is 0 Å². The zero-order chi connectivity index (χ0) is 31.2. The zero-order valence-corrected chi connectivity index (χ0v) is 26.4. The van der Waals surface area contributed by atoms with Crippen LogP contribution >= 0.6 is 0 Å². The smallest absolute Gasteiger partial charge is 0.410 e. The first-order valence-electron chi connectivity index (χ1n) is 15.5. The van der Waals surface area contributed by atoms with E-state index in [4.69, 9.17) is 9.47 Å². The molecule has 2 aliphatic heterocycles. The Morgan fingerprint density at radius 2 is 1.11 bits per heavy atom. The topological polar surface area (TPSA) is 116 Å². The molecule has 232 valence electrons. The van der Waals surface area contributed by atoms with Gasteiger partial charge in [-0.3, -0.25) is 9.80 Å². The molecule has 2 aromatic carbocycles. The number of nitrogens with zero attached hydrogens (tertiary/aromatic N) is 4. The number of imidazole rings is 2. The maximum absolute atomic E-state index is 12.8. The summed E-state index contributed by atoms with van der Waals surface area (Å²) in [5, 5.41) is 2.20. The van der Waals surface area contributed by atoms with E-state index in [0.717, 1.165) is 70.6 Å². The lowest BCUT2D eigenvalue weighted by atomic mass is 10.0. The number of carbonyl (C=O) groups is 2. The molecular formula is C34H42N6O4. The van der Waals surface area contributed by atoms with Gasteiger partial charge in [0.05, 0.1) is 35.9 Å². The maximum Gasteiger partial charge on any atom is 0.410 e. The fraction of sp³-hybridized carbons (Fsp3) is 0.471. The molecular weight excluding hydrogens is 556 g/mol. The van der Waals surface area contributed by atoms with Crippen molar-refractivity contribution in [3.05, 3.63) is 60.4 Å². The highest BCUT2D eigenvalue weighted by Crippen LogP contribution is 2.35. The van der Waals surface area contributed by atoms with Crippen LogP contribution in [-0.2, 0) is 9.47 Å². The number of nitrogens with one attached hydrogen (secondary N) is 2. The highest BCUT2D eigenvalue weighted by molar-refractivity contribution is 5.90. The highest BCUT2D eigenvalue weighted by Gasteiger charge is 2.36. The van der Waals surface area contributed by atoms with Gasteiger partial charge in [0.1, 0.15) is 22.9 Å². The fourth-order valence-electron chi connectivity index (χ4n) is 6.07. The van der Waals surface area contributed by atoms with Crippen LogP contribution in [0.2, 0.25) is 0 Å². The number of hydrogen-bond donors (Lipinski definition) is 2. The lowest BCUT2D eigenvalue weighted by Gasteiger charge is -2.27. The van der Waals surface area contributed by atoms with Gasteiger partial charge in [0.15, 0.2) is 0 Å². The molecule has 2 saturated heterocycles. The minimum Gasteiger partial charge on any atom is -0.444 e. The van der Waals surface area contributed by atoms with E-state index in [-0.39, 0.29) is 24.3 Å². The summed E-state index contributed by atoms with van der Waals surface area (Å²) in [6.07, 6.45) is 6.61. The molecule has 0 saturated carbocycles. The number of likely N-dealkylation sites (tertiary alicyclic amines) is 2. The molecule has 0 bridgehead atoms. The lowest BCUT2D eigenvalue weighted by Crippen LogP contribution is -2.36. The molecule has 0 aliphatic carbocycles. The van der Waals surface area contributed by atoms with Crippen LogP contribution in [-0.4, -0.2) is 66.2 Å². The molecule has 2 aliphatic rings. The van der Waals surface area contributed by atoms with Crippen LogP contribution in [0.25, 0.3) is 33.3 Å². The van der Waals surface area contributed by atoms with Gasteiger partial charge in [-0.2, -0.15) is 0 Å². The van der Waals surface area contributed by atoms with Gasteiger partial charge in [0.25, 0.3) is 0 Å². The maximum atomic E-state index is 12.8. The van der Waals surface area contributed by atoms with E-state index < -0.39 is 11.2 Å². The van der Waals surface area contributed by atoms with E-state index in [1.807, 2.05) is 53.9 Å². The first kappa shape index (κ1) is 29.7. The second kappa shape index (κ2) is 11.3. The van der Waals surface area contributed by atoms with Crippen molar-refractivity contribution < 1.29 is 19.1 Å². The van der Waals surface area contributed by atoms with Crippen LogP contribution < -0.4 is 0 Å². The number of rotatable bonds is 4. The summed E-state index contributed by atoms with van der Waals surface area (Å²) in [7, 11) is 0. The predicted octanol–water partition coefficient (Wildman–Crippen LogP) is 7.76. The molecule has 1 unspecified atom stereocenters. The summed E-state index contributed by atoms with van der Waals surface area (Å²) in [5.41, 5.74) is 2.79. The zero-order valence-electron chi connectivity index (χ0n) is 26.4. The monoisotopic (exact) mass is 598 g/mol. The Morgan fingerprint density at radius 1 is 0.705 bits per heavy atom. The molecule has 10 heteroatoms. The Labute approximate surface area is 258 Å². The van der Waals surface area contributed by atoms with Gasteiger partial charge in [-0.05, 0) is 90.1 Å². The van der Waals surface area contributed by atoms with Crippen molar-refractivity contribution in [2.45, 2.75) is 90.5 Å². The minimum atomic E-state index is -0.540. The summed E-state index contributed by atoms with van der Waals surface area (Å²) >= 11 is 0. The van der Waals surface area contributed by atoms with Crippen LogP contribution in [0.4, 0.5) is 9.59 Å².